The number of para-hydroxylation sites is 1. The van der Waals surface area contributed by atoms with Gasteiger partial charge in [0.05, 0.1) is 6.54 Å². The summed E-state index contributed by atoms with van der Waals surface area (Å²) in [5.41, 5.74) is 0.749. The number of amides is 2. The van der Waals surface area contributed by atoms with Crippen LogP contribution in [0.3, 0.4) is 0 Å². The van der Waals surface area contributed by atoms with E-state index < -0.39 is 0 Å². The highest BCUT2D eigenvalue weighted by molar-refractivity contribution is 5.94. The van der Waals surface area contributed by atoms with Crippen molar-refractivity contribution >= 4 is 17.5 Å². The molecule has 1 aromatic carbocycles. The Kier molecular flexibility index (Phi) is 16.7. The van der Waals surface area contributed by atoms with Crippen molar-refractivity contribution in [1.82, 2.24) is 5.32 Å². The molecule has 0 radical (unpaired) electrons. The lowest BCUT2D eigenvalue weighted by atomic mass is 10.0. The number of hydrogen-bond acceptors (Lipinski definition) is 2. The number of carbonyl (C=O) groups excluding carboxylic acids is 2. The van der Waals surface area contributed by atoms with Crippen LogP contribution in [0.5, 0.6) is 0 Å². The lowest BCUT2D eigenvalue weighted by Gasteiger charge is -2.07. The zero-order chi connectivity index (χ0) is 21.7. The van der Waals surface area contributed by atoms with Gasteiger partial charge in [-0.05, 0) is 18.6 Å². The first kappa shape index (κ1) is 26.2. The Morgan fingerprint density at radius 2 is 1.10 bits per heavy atom. The molecular formula is C26H44N2O2. The van der Waals surface area contributed by atoms with Crippen LogP contribution in [-0.4, -0.2) is 18.4 Å². The zero-order valence-corrected chi connectivity index (χ0v) is 19.2. The Hall–Kier alpha value is -1.84. The van der Waals surface area contributed by atoms with Gasteiger partial charge in [-0.25, -0.2) is 0 Å². The van der Waals surface area contributed by atoms with Crippen molar-refractivity contribution in [3.8, 4) is 0 Å². The summed E-state index contributed by atoms with van der Waals surface area (Å²) in [4.78, 5) is 23.6. The summed E-state index contributed by atoms with van der Waals surface area (Å²) in [5, 5.41) is 5.47. The van der Waals surface area contributed by atoms with E-state index in [1.807, 2.05) is 30.3 Å². The first-order valence-electron chi connectivity index (χ1n) is 12.3. The first-order chi connectivity index (χ1) is 14.7. The summed E-state index contributed by atoms with van der Waals surface area (Å²) >= 11 is 0. The minimum Gasteiger partial charge on any atom is -0.347 e. The molecular weight excluding hydrogens is 372 g/mol. The van der Waals surface area contributed by atoms with Crippen molar-refractivity contribution in [2.24, 2.45) is 0 Å². The zero-order valence-electron chi connectivity index (χ0n) is 19.2. The molecule has 0 heterocycles. The van der Waals surface area contributed by atoms with Gasteiger partial charge in [-0.15, -0.1) is 0 Å². The Balaban J connectivity index is 1.82. The van der Waals surface area contributed by atoms with Gasteiger partial charge in [0, 0.05) is 12.1 Å². The minimum absolute atomic E-state index is 0.0342. The van der Waals surface area contributed by atoms with Crippen LogP contribution in [0, 0.1) is 0 Å². The van der Waals surface area contributed by atoms with Crippen molar-refractivity contribution < 1.29 is 9.59 Å². The van der Waals surface area contributed by atoms with E-state index in [2.05, 4.69) is 17.6 Å². The topological polar surface area (TPSA) is 58.2 Å². The third kappa shape index (κ3) is 16.0. The predicted molar refractivity (Wildman–Crippen MR) is 128 cm³/mol. The number of hydrogen-bond donors (Lipinski definition) is 2. The van der Waals surface area contributed by atoms with Crippen molar-refractivity contribution in [3.05, 3.63) is 30.3 Å². The standard InChI is InChI=1S/C26H44N2O2/c1-2-3-4-5-6-7-8-9-10-11-12-13-14-15-19-22-25(29)27-23-26(30)28-24-20-17-16-18-21-24/h16-18,20-21H,2-15,19,22-23H2,1H3,(H,27,29)(H,28,30). The summed E-state index contributed by atoms with van der Waals surface area (Å²) in [6.07, 6.45) is 20.3. The number of rotatable bonds is 19. The smallest absolute Gasteiger partial charge is 0.243 e. The fourth-order valence-electron chi connectivity index (χ4n) is 3.65. The summed E-state index contributed by atoms with van der Waals surface area (Å²) in [5.74, 6) is -0.223. The molecule has 4 heteroatoms. The number of benzene rings is 1. The van der Waals surface area contributed by atoms with E-state index in [1.165, 1.54) is 83.5 Å². The third-order valence-electron chi connectivity index (χ3n) is 5.51. The molecule has 2 N–H and O–H groups in total. The molecule has 0 aromatic heterocycles. The Bertz CT molecular complexity index is 545. The highest BCUT2D eigenvalue weighted by atomic mass is 16.2. The van der Waals surface area contributed by atoms with Crippen molar-refractivity contribution in [1.29, 1.82) is 0 Å². The van der Waals surface area contributed by atoms with Gasteiger partial charge in [0.1, 0.15) is 0 Å². The lowest BCUT2D eigenvalue weighted by molar-refractivity contribution is -0.124. The molecule has 0 aliphatic rings. The van der Waals surface area contributed by atoms with Gasteiger partial charge in [-0.2, -0.15) is 0 Å². The van der Waals surface area contributed by atoms with E-state index in [0.29, 0.717) is 6.42 Å². The van der Waals surface area contributed by atoms with Crippen LogP contribution in [0.25, 0.3) is 0 Å². The summed E-state index contributed by atoms with van der Waals surface area (Å²) in [6.45, 7) is 2.31. The molecule has 0 saturated carbocycles. The second-order valence-corrected chi connectivity index (χ2v) is 8.39. The normalized spacial score (nSPS) is 10.7. The molecule has 0 unspecified atom stereocenters. The van der Waals surface area contributed by atoms with E-state index in [0.717, 1.165) is 18.5 Å². The quantitative estimate of drug-likeness (QED) is 0.238. The molecule has 4 nitrogen and oxygen atoms in total. The van der Waals surface area contributed by atoms with E-state index in [1.54, 1.807) is 0 Å². The summed E-state index contributed by atoms with van der Waals surface area (Å²) in [7, 11) is 0. The molecule has 0 bridgehead atoms. The fourth-order valence-corrected chi connectivity index (χ4v) is 3.65. The molecule has 170 valence electrons. The molecule has 0 atom stereocenters. The molecule has 1 rings (SSSR count). The van der Waals surface area contributed by atoms with Crippen molar-refractivity contribution in [2.45, 2.75) is 110 Å². The second-order valence-electron chi connectivity index (χ2n) is 8.39. The van der Waals surface area contributed by atoms with Gasteiger partial charge in [0.15, 0.2) is 0 Å². The van der Waals surface area contributed by atoms with Crippen LogP contribution in [0.1, 0.15) is 110 Å². The predicted octanol–water partition coefficient (Wildman–Crippen LogP) is 7.00. The largest absolute Gasteiger partial charge is 0.347 e. The molecule has 0 saturated heterocycles. The minimum atomic E-state index is -0.189. The van der Waals surface area contributed by atoms with E-state index in [4.69, 9.17) is 0 Å². The van der Waals surface area contributed by atoms with E-state index in [-0.39, 0.29) is 18.4 Å². The maximum Gasteiger partial charge on any atom is 0.243 e. The highest BCUT2D eigenvalue weighted by Gasteiger charge is 2.05. The fraction of sp³-hybridized carbons (Fsp3) is 0.692. The first-order valence-corrected chi connectivity index (χ1v) is 12.3. The van der Waals surface area contributed by atoms with Crippen LogP contribution < -0.4 is 10.6 Å². The molecule has 0 spiro atoms. The molecule has 1 aromatic rings. The van der Waals surface area contributed by atoms with E-state index in [9.17, 15) is 9.59 Å². The number of carbonyl (C=O) groups is 2. The third-order valence-corrected chi connectivity index (χ3v) is 5.51. The molecule has 0 fully saturated rings. The van der Waals surface area contributed by atoms with Gasteiger partial charge in [0.25, 0.3) is 0 Å². The van der Waals surface area contributed by atoms with Crippen LogP contribution in [0.4, 0.5) is 5.69 Å². The van der Waals surface area contributed by atoms with Crippen LogP contribution in [-0.2, 0) is 9.59 Å². The lowest BCUT2D eigenvalue weighted by Crippen LogP contribution is -2.32. The average Bonchev–Trinajstić information content (AvgIpc) is 2.75. The van der Waals surface area contributed by atoms with Gasteiger partial charge in [-0.3, -0.25) is 9.59 Å². The summed E-state index contributed by atoms with van der Waals surface area (Å²) in [6, 6.07) is 9.29. The second kappa shape index (κ2) is 19.1. The molecule has 30 heavy (non-hydrogen) atoms. The number of nitrogens with one attached hydrogen (secondary N) is 2. The molecule has 0 aliphatic carbocycles. The SMILES string of the molecule is CCCCCCCCCCCCCCCCCC(=O)NCC(=O)Nc1ccccc1. The molecule has 2 amide bonds. The Morgan fingerprint density at radius 1 is 0.633 bits per heavy atom. The van der Waals surface area contributed by atoms with Crippen LogP contribution in [0.2, 0.25) is 0 Å². The Morgan fingerprint density at radius 3 is 1.60 bits per heavy atom. The number of unbranched alkanes of at least 4 members (excludes halogenated alkanes) is 14. The van der Waals surface area contributed by atoms with Crippen LogP contribution >= 0.6 is 0 Å². The monoisotopic (exact) mass is 416 g/mol. The van der Waals surface area contributed by atoms with Gasteiger partial charge >= 0.3 is 0 Å². The van der Waals surface area contributed by atoms with Crippen LogP contribution in [0.15, 0.2) is 30.3 Å². The van der Waals surface area contributed by atoms with Gasteiger partial charge in [0.2, 0.25) is 11.8 Å². The van der Waals surface area contributed by atoms with Gasteiger partial charge < -0.3 is 10.6 Å². The maximum absolute atomic E-state index is 11.8. The van der Waals surface area contributed by atoms with Crippen molar-refractivity contribution in [3.63, 3.8) is 0 Å². The summed E-state index contributed by atoms with van der Waals surface area (Å²) < 4.78 is 0. The maximum atomic E-state index is 11.8. The van der Waals surface area contributed by atoms with Gasteiger partial charge in [-0.1, -0.05) is 115 Å². The van der Waals surface area contributed by atoms with Crippen molar-refractivity contribution in [2.75, 3.05) is 11.9 Å². The highest BCUT2D eigenvalue weighted by Crippen LogP contribution is 2.13. The molecule has 0 aliphatic heterocycles. The van der Waals surface area contributed by atoms with E-state index >= 15 is 0 Å². The average molecular weight is 417 g/mol. The Labute approximate surface area is 184 Å². The number of anilines is 1.